The third kappa shape index (κ3) is 6.42. The Labute approximate surface area is 386 Å². The topological polar surface area (TPSA) is 3.24 Å². The molecule has 1 aliphatic heterocycles. The van der Waals surface area contributed by atoms with E-state index in [1.54, 1.807) is 5.57 Å². The van der Waals surface area contributed by atoms with Gasteiger partial charge in [0.2, 0.25) is 0 Å². The van der Waals surface area contributed by atoms with Crippen LogP contribution in [-0.4, -0.2) is 0 Å². The van der Waals surface area contributed by atoms with Crippen molar-refractivity contribution in [3.05, 3.63) is 238 Å². The Morgan fingerprint density at radius 3 is 1.94 bits per heavy atom. The van der Waals surface area contributed by atoms with Gasteiger partial charge in [0, 0.05) is 79.1 Å². The summed E-state index contributed by atoms with van der Waals surface area (Å²) in [5.41, 5.74) is 14.4. The summed E-state index contributed by atoms with van der Waals surface area (Å²) >= 11 is 5.85. The number of hydrogen-bond donors (Lipinski definition) is 0. The summed E-state index contributed by atoms with van der Waals surface area (Å²) in [6, 6.07) is 61.0. The van der Waals surface area contributed by atoms with Crippen molar-refractivity contribution < 1.29 is 0 Å². The lowest BCUT2D eigenvalue weighted by atomic mass is 9.81. The van der Waals surface area contributed by atoms with E-state index < -0.39 is 0 Å². The Hall–Kier alpha value is -6.43. The molecule has 1 nitrogen and oxygen atoms in total. The molecule has 306 valence electrons. The van der Waals surface area contributed by atoms with E-state index in [9.17, 15) is 0 Å². The van der Waals surface area contributed by atoms with E-state index in [-0.39, 0.29) is 5.92 Å². The summed E-state index contributed by atoms with van der Waals surface area (Å²) < 4.78 is 5.44. The number of benzene rings is 7. The molecule has 0 amide bonds. The third-order valence-electron chi connectivity index (χ3n) is 13.7. The molecule has 0 N–H and O–H groups in total. The minimum atomic E-state index is 0.223. The van der Waals surface area contributed by atoms with Crippen molar-refractivity contribution in [2.75, 3.05) is 4.90 Å². The van der Waals surface area contributed by atoms with Crippen molar-refractivity contribution in [2.45, 2.75) is 31.6 Å². The molecule has 2 atom stereocenters. The molecule has 7 aromatic carbocycles. The molecule has 0 bridgehead atoms. The molecule has 0 radical (unpaired) electrons. The van der Waals surface area contributed by atoms with Crippen LogP contribution in [0, 0.1) is 5.92 Å². The minimum Gasteiger partial charge on any atom is -0.311 e. The summed E-state index contributed by atoms with van der Waals surface area (Å²) in [6.45, 7) is 0. The molecule has 9 aromatic rings. The van der Waals surface area contributed by atoms with E-state index >= 15 is 0 Å². The van der Waals surface area contributed by atoms with Gasteiger partial charge in [-0.15, -0.1) is 22.7 Å². The first kappa shape index (κ1) is 38.1. The predicted octanol–water partition coefficient (Wildman–Crippen LogP) is 18.2. The van der Waals surface area contributed by atoms with Crippen LogP contribution < -0.4 is 4.90 Å². The fourth-order valence-electron chi connectivity index (χ4n) is 10.6. The molecular formula is C60H43NS3. The second kappa shape index (κ2) is 15.7. The van der Waals surface area contributed by atoms with E-state index in [4.69, 9.17) is 0 Å². The van der Waals surface area contributed by atoms with Gasteiger partial charge >= 0.3 is 0 Å². The standard InChI is InChI=1S/C60H43NS3/c1-2-13-43(14-3-1)61(45-33-29-39(30-34-45)46-18-10-21-52-49-15-4-7-24-55(49)62-58(46)52)44-31-27-38(28-32-44)40-35-41(47-19-11-22-53-50-16-5-8-25-56(50)63-59(47)53)37-42(36-40)48-20-12-23-54-51-17-6-9-26-57(51)64-60(48)54/h1-3,5-14,16-20,22-35,37,42,52H,4,15,21,36H2/t42?,52-/m0/s1. The summed E-state index contributed by atoms with van der Waals surface area (Å²) in [6.07, 6.45) is 18.9. The Balaban J connectivity index is 0.885. The third-order valence-corrected chi connectivity index (χ3v) is 17.5. The molecule has 2 aromatic heterocycles. The summed E-state index contributed by atoms with van der Waals surface area (Å²) in [5, 5.41) is 5.38. The number of fused-ring (bicyclic) bond motifs is 8. The van der Waals surface area contributed by atoms with Crippen LogP contribution in [0.1, 0.15) is 53.9 Å². The number of anilines is 3. The highest BCUT2D eigenvalue weighted by Crippen LogP contribution is 2.55. The van der Waals surface area contributed by atoms with Gasteiger partial charge in [0.15, 0.2) is 0 Å². The summed E-state index contributed by atoms with van der Waals surface area (Å²) in [5.74, 6) is 0.764. The maximum absolute atomic E-state index is 2.56. The number of allylic oxidation sites excluding steroid dienone is 11. The molecule has 0 fully saturated rings. The van der Waals surface area contributed by atoms with Crippen LogP contribution in [0.3, 0.4) is 0 Å². The van der Waals surface area contributed by atoms with E-state index in [1.807, 2.05) is 34.4 Å². The average molecular weight is 874 g/mol. The molecule has 4 heteroatoms. The first-order chi connectivity index (χ1) is 31.7. The van der Waals surface area contributed by atoms with Gasteiger partial charge in [-0.05, 0) is 119 Å². The van der Waals surface area contributed by atoms with Gasteiger partial charge in [0.25, 0.3) is 0 Å². The second-order valence-electron chi connectivity index (χ2n) is 17.4. The van der Waals surface area contributed by atoms with Gasteiger partial charge in [-0.1, -0.05) is 163 Å². The quantitative estimate of drug-likeness (QED) is 0.157. The zero-order chi connectivity index (χ0) is 42.1. The fourth-order valence-corrected chi connectivity index (χ4v) is 14.6. The number of thioether (sulfide) groups is 1. The highest BCUT2D eigenvalue weighted by Gasteiger charge is 2.33. The number of para-hydroxylation sites is 1. The van der Waals surface area contributed by atoms with E-state index in [2.05, 4.69) is 205 Å². The zero-order valence-corrected chi connectivity index (χ0v) is 37.7. The molecule has 13 rings (SSSR count). The Morgan fingerprint density at radius 2 is 1.17 bits per heavy atom. The Bertz CT molecular complexity index is 3520. The van der Waals surface area contributed by atoms with E-state index in [0.29, 0.717) is 5.92 Å². The van der Waals surface area contributed by atoms with Crippen molar-refractivity contribution in [1.82, 2.24) is 0 Å². The molecule has 4 aliphatic rings. The van der Waals surface area contributed by atoms with Crippen molar-refractivity contribution in [3.8, 4) is 0 Å². The van der Waals surface area contributed by atoms with Gasteiger partial charge in [0.05, 0.1) is 0 Å². The van der Waals surface area contributed by atoms with Crippen LogP contribution in [-0.2, 0) is 0 Å². The van der Waals surface area contributed by atoms with Crippen LogP contribution in [0.2, 0.25) is 0 Å². The summed E-state index contributed by atoms with van der Waals surface area (Å²) in [7, 11) is 0. The number of hydrogen-bond acceptors (Lipinski definition) is 4. The lowest BCUT2D eigenvalue weighted by molar-refractivity contribution is 0.711. The molecule has 0 spiro atoms. The Morgan fingerprint density at radius 1 is 0.531 bits per heavy atom. The van der Waals surface area contributed by atoms with E-state index in [1.165, 1.54) is 95.5 Å². The molecule has 64 heavy (non-hydrogen) atoms. The monoisotopic (exact) mass is 873 g/mol. The number of nitrogens with zero attached hydrogens (tertiary/aromatic N) is 1. The largest absolute Gasteiger partial charge is 0.311 e. The van der Waals surface area contributed by atoms with Crippen LogP contribution in [0.25, 0.3) is 57.1 Å². The lowest BCUT2D eigenvalue weighted by Gasteiger charge is -2.27. The maximum atomic E-state index is 2.56. The first-order valence-corrected chi connectivity index (χ1v) is 24.9. The van der Waals surface area contributed by atoms with Gasteiger partial charge in [-0.2, -0.15) is 0 Å². The number of rotatable bonds is 7. The molecule has 0 saturated carbocycles. The van der Waals surface area contributed by atoms with Crippen molar-refractivity contribution in [1.29, 1.82) is 0 Å². The predicted molar refractivity (Wildman–Crippen MR) is 280 cm³/mol. The van der Waals surface area contributed by atoms with Gasteiger partial charge in [0.1, 0.15) is 0 Å². The minimum absolute atomic E-state index is 0.223. The smallest absolute Gasteiger partial charge is 0.0462 e. The molecule has 0 saturated heterocycles. The normalized spacial score (nSPS) is 18.2. The second-order valence-corrected chi connectivity index (χ2v) is 20.6. The molecular weight excluding hydrogens is 831 g/mol. The lowest BCUT2D eigenvalue weighted by Crippen LogP contribution is -2.10. The average Bonchev–Trinajstić information content (AvgIpc) is 4.06. The summed E-state index contributed by atoms with van der Waals surface area (Å²) in [4.78, 5) is 5.41. The van der Waals surface area contributed by atoms with Crippen LogP contribution in [0.15, 0.2) is 216 Å². The highest BCUT2D eigenvalue weighted by atomic mass is 32.2. The van der Waals surface area contributed by atoms with Crippen molar-refractivity contribution >= 4 is 109 Å². The van der Waals surface area contributed by atoms with Gasteiger partial charge < -0.3 is 4.90 Å². The highest BCUT2D eigenvalue weighted by molar-refractivity contribution is 8.07. The van der Waals surface area contributed by atoms with Crippen LogP contribution in [0.4, 0.5) is 17.1 Å². The molecule has 1 unspecified atom stereocenters. The van der Waals surface area contributed by atoms with Gasteiger partial charge in [-0.25, -0.2) is 0 Å². The Kier molecular flexibility index (Phi) is 9.32. The molecule has 3 heterocycles. The van der Waals surface area contributed by atoms with Crippen molar-refractivity contribution in [2.24, 2.45) is 5.92 Å². The first-order valence-electron chi connectivity index (χ1n) is 22.5. The number of thiophene rings is 2. The van der Waals surface area contributed by atoms with Crippen LogP contribution >= 0.6 is 34.4 Å². The fraction of sp³-hybridized carbons (Fsp3) is 0.100. The molecule has 3 aliphatic carbocycles. The zero-order valence-electron chi connectivity index (χ0n) is 35.2. The van der Waals surface area contributed by atoms with Gasteiger partial charge in [-0.3, -0.25) is 0 Å². The van der Waals surface area contributed by atoms with Crippen LogP contribution in [0.5, 0.6) is 0 Å². The van der Waals surface area contributed by atoms with Crippen molar-refractivity contribution in [3.63, 3.8) is 0 Å². The van der Waals surface area contributed by atoms with E-state index in [0.717, 1.165) is 36.3 Å². The SMILES string of the molecule is C1=CC2=C(CC1)[C@@H]1CC=CC(c3ccc(N(c4ccccc4)c4ccc(C5=CC(c6cccc7c6sc6ccccc67)=CC(c6cccc7c6sc6ccccc67)C5)cc4)cc3)=C1S2. The maximum Gasteiger partial charge on any atom is 0.0462 e.